The molecule has 0 spiro atoms. The number of ether oxygens (including phenoxy) is 1. The maximum Gasteiger partial charge on any atom is 0.227 e. The zero-order chi connectivity index (χ0) is 22.9. The summed E-state index contributed by atoms with van der Waals surface area (Å²) >= 11 is 0. The second-order valence-electron chi connectivity index (χ2n) is 8.20. The molecule has 1 aliphatic rings. The van der Waals surface area contributed by atoms with E-state index in [9.17, 15) is 9.59 Å². The molecule has 6 nitrogen and oxygen atoms in total. The molecule has 0 atom stereocenters. The standard InChI is InChI=1S/C26H31N3O3/c1-4-19-32-24-11-9-22(10-12-24)28(3)26(31)14-13-25(30)27-21-5-7-23(8-6-21)29-17-15-20(2)16-18-29/h1,5-12,20H,13-19H2,2-3H3,(H,27,30). The molecule has 1 aliphatic heterocycles. The third-order valence-corrected chi connectivity index (χ3v) is 5.79. The molecular weight excluding hydrogens is 402 g/mol. The van der Waals surface area contributed by atoms with Gasteiger partial charge in [0.05, 0.1) is 0 Å². The van der Waals surface area contributed by atoms with Crippen LogP contribution in [0, 0.1) is 18.3 Å². The molecular formula is C26H31N3O3. The Labute approximate surface area is 190 Å². The monoisotopic (exact) mass is 433 g/mol. The van der Waals surface area contributed by atoms with E-state index in [-0.39, 0.29) is 31.3 Å². The van der Waals surface area contributed by atoms with Gasteiger partial charge in [-0.25, -0.2) is 0 Å². The van der Waals surface area contributed by atoms with Gasteiger partial charge in [-0.3, -0.25) is 9.59 Å². The quantitative estimate of drug-likeness (QED) is 0.630. The lowest BCUT2D eigenvalue weighted by molar-refractivity contribution is -0.122. The minimum atomic E-state index is -0.177. The van der Waals surface area contributed by atoms with Crippen LogP contribution in [-0.4, -0.2) is 38.6 Å². The largest absolute Gasteiger partial charge is 0.481 e. The molecule has 2 amide bonds. The van der Waals surface area contributed by atoms with Gasteiger partial charge in [0.1, 0.15) is 12.4 Å². The first-order valence-electron chi connectivity index (χ1n) is 11.0. The first-order valence-corrected chi connectivity index (χ1v) is 11.0. The molecule has 1 heterocycles. The highest BCUT2D eigenvalue weighted by Gasteiger charge is 2.16. The maximum absolute atomic E-state index is 12.5. The van der Waals surface area contributed by atoms with Gasteiger partial charge in [-0.05, 0) is 67.3 Å². The summed E-state index contributed by atoms with van der Waals surface area (Å²) in [6.07, 6.45) is 7.86. The average molecular weight is 434 g/mol. The van der Waals surface area contributed by atoms with E-state index >= 15 is 0 Å². The molecule has 0 bridgehead atoms. The van der Waals surface area contributed by atoms with Crippen molar-refractivity contribution in [1.29, 1.82) is 0 Å². The van der Waals surface area contributed by atoms with Gasteiger partial charge in [-0.1, -0.05) is 12.8 Å². The normalized spacial score (nSPS) is 13.8. The van der Waals surface area contributed by atoms with Crippen LogP contribution in [0.3, 0.4) is 0 Å². The minimum Gasteiger partial charge on any atom is -0.481 e. The van der Waals surface area contributed by atoms with Crippen molar-refractivity contribution in [2.45, 2.75) is 32.6 Å². The van der Waals surface area contributed by atoms with Crippen molar-refractivity contribution in [3.8, 4) is 18.1 Å². The van der Waals surface area contributed by atoms with Crippen molar-refractivity contribution >= 4 is 28.9 Å². The number of piperidine rings is 1. The van der Waals surface area contributed by atoms with Gasteiger partial charge in [0.15, 0.2) is 0 Å². The van der Waals surface area contributed by atoms with E-state index in [2.05, 4.69) is 23.1 Å². The van der Waals surface area contributed by atoms with Crippen molar-refractivity contribution in [2.24, 2.45) is 5.92 Å². The lowest BCUT2D eigenvalue weighted by atomic mass is 9.99. The van der Waals surface area contributed by atoms with Gasteiger partial charge in [-0.2, -0.15) is 0 Å². The average Bonchev–Trinajstić information content (AvgIpc) is 2.82. The second kappa shape index (κ2) is 11.2. The number of carbonyl (C=O) groups excluding carboxylic acids is 2. The Morgan fingerprint density at radius 1 is 1.09 bits per heavy atom. The van der Waals surface area contributed by atoms with Gasteiger partial charge in [-0.15, -0.1) is 6.42 Å². The number of nitrogens with zero attached hydrogens (tertiary/aromatic N) is 2. The summed E-state index contributed by atoms with van der Waals surface area (Å²) in [5.74, 6) is 3.54. The van der Waals surface area contributed by atoms with E-state index in [0.29, 0.717) is 5.75 Å². The molecule has 2 aromatic carbocycles. The Morgan fingerprint density at radius 3 is 2.38 bits per heavy atom. The van der Waals surface area contributed by atoms with Crippen LogP contribution in [0.5, 0.6) is 5.75 Å². The highest BCUT2D eigenvalue weighted by molar-refractivity contribution is 5.97. The highest BCUT2D eigenvalue weighted by atomic mass is 16.5. The van der Waals surface area contributed by atoms with E-state index in [1.165, 1.54) is 23.4 Å². The van der Waals surface area contributed by atoms with Crippen molar-refractivity contribution < 1.29 is 14.3 Å². The van der Waals surface area contributed by atoms with Gasteiger partial charge in [0.25, 0.3) is 0 Å². The molecule has 1 N–H and O–H groups in total. The number of amides is 2. The number of nitrogens with one attached hydrogen (secondary N) is 1. The summed E-state index contributed by atoms with van der Waals surface area (Å²) in [6, 6.07) is 15.0. The van der Waals surface area contributed by atoms with Crippen molar-refractivity contribution in [3.05, 3.63) is 48.5 Å². The third kappa shape index (κ3) is 6.52. The van der Waals surface area contributed by atoms with Gasteiger partial charge in [0.2, 0.25) is 11.8 Å². The predicted molar refractivity (Wildman–Crippen MR) is 129 cm³/mol. The van der Waals surface area contributed by atoms with Crippen molar-refractivity contribution in [2.75, 3.05) is 41.9 Å². The number of hydrogen-bond acceptors (Lipinski definition) is 4. The zero-order valence-electron chi connectivity index (χ0n) is 18.8. The Morgan fingerprint density at radius 2 is 1.75 bits per heavy atom. The number of carbonyl (C=O) groups is 2. The van der Waals surface area contributed by atoms with Crippen LogP contribution >= 0.6 is 0 Å². The van der Waals surface area contributed by atoms with E-state index in [1.807, 2.05) is 24.3 Å². The summed E-state index contributed by atoms with van der Waals surface area (Å²) in [4.78, 5) is 28.7. The molecule has 0 unspecified atom stereocenters. The summed E-state index contributed by atoms with van der Waals surface area (Å²) in [6.45, 7) is 4.64. The molecule has 0 aromatic heterocycles. The van der Waals surface area contributed by atoms with Crippen LogP contribution in [-0.2, 0) is 9.59 Å². The Hall–Kier alpha value is -3.46. The zero-order valence-corrected chi connectivity index (χ0v) is 18.8. The van der Waals surface area contributed by atoms with Crippen LogP contribution in [0.25, 0.3) is 0 Å². The predicted octanol–water partition coefficient (Wildman–Crippen LogP) is 4.32. The number of hydrogen-bond donors (Lipinski definition) is 1. The number of anilines is 3. The third-order valence-electron chi connectivity index (χ3n) is 5.79. The fourth-order valence-electron chi connectivity index (χ4n) is 3.67. The smallest absolute Gasteiger partial charge is 0.227 e. The van der Waals surface area contributed by atoms with E-state index in [1.54, 1.807) is 31.3 Å². The number of benzene rings is 2. The summed E-state index contributed by atoms with van der Waals surface area (Å²) < 4.78 is 5.34. The maximum atomic E-state index is 12.5. The van der Waals surface area contributed by atoms with Crippen molar-refractivity contribution in [3.63, 3.8) is 0 Å². The lowest BCUT2D eigenvalue weighted by Crippen LogP contribution is -2.32. The van der Waals surface area contributed by atoms with E-state index in [4.69, 9.17) is 11.2 Å². The molecule has 0 aliphatic carbocycles. The van der Waals surface area contributed by atoms with Crippen LogP contribution in [0.15, 0.2) is 48.5 Å². The second-order valence-corrected chi connectivity index (χ2v) is 8.20. The number of terminal acetylenes is 1. The molecule has 1 fully saturated rings. The van der Waals surface area contributed by atoms with Crippen LogP contribution in [0.2, 0.25) is 0 Å². The molecule has 3 rings (SSSR count). The lowest BCUT2D eigenvalue weighted by Gasteiger charge is -2.32. The van der Waals surface area contributed by atoms with E-state index < -0.39 is 0 Å². The van der Waals surface area contributed by atoms with Crippen LogP contribution in [0.1, 0.15) is 32.6 Å². The van der Waals surface area contributed by atoms with Gasteiger partial charge in [0, 0.05) is 50.0 Å². The fraction of sp³-hybridized carbons (Fsp3) is 0.385. The Kier molecular flexibility index (Phi) is 8.15. The molecule has 6 heteroatoms. The topological polar surface area (TPSA) is 61.9 Å². The first-order chi connectivity index (χ1) is 15.5. The van der Waals surface area contributed by atoms with E-state index in [0.717, 1.165) is 30.4 Å². The molecule has 2 aromatic rings. The SMILES string of the molecule is C#CCOc1ccc(N(C)C(=O)CCC(=O)Nc2ccc(N3CCC(C)CC3)cc2)cc1. The van der Waals surface area contributed by atoms with Gasteiger partial charge < -0.3 is 19.9 Å². The molecule has 32 heavy (non-hydrogen) atoms. The first kappa shape index (κ1) is 23.2. The molecule has 168 valence electrons. The fourth-order valence-corrected chi connectivity index (χ4v) is 3.67. The summed E-state index contributed by atoms with van der Waals surface area (Å²) in [5.41, 5.74) is 2.65. The summed E-state index contributed by atoms with van der Waals surface area (Å²) in [7, 11) is 1.69. The molecule has 0 radical (unpaired) electrons. The Bertz CT molecular complexity index is 940. The summed E-state index contributed by atoms with van der Waals surface area (Å²) in [5, 5.41) is 2.88. The molecule has 1 saturated heterocycles. The Balaban J connectivity index is 1.44. The molecule has 0 saturated carbocycles. The van der Waals surface area contributed by atoms with Crippen molar-refractivity contribution in [1.82, 2.24) is 0 Å². The van der Waals surface area contributed by atoms with Gasteiger partial charge >= 0.3 is 0 Å². The van der Waals surface area contributed by atoms with Crippen LogP contribution in [0.4, 0.5) is 17.1 Å². The number of rotatable bonds is 8. The highest BCUT2D eigenvalue weighted by Crippen LogP contribution is 2.24. The minimum absolute atomic E-state index is 0.123. The van der Waals surface area contributed by atoms with Crippen LogP contribution < -0.4 is 19.9 Å².